The van der Waals surface area contributed by atoms with Gasteiger partial charge in [0.2, 0.25) is 0 Å². The lowest BCUT2D eigenvalue weighted by Gasteiger charge is -2.12. The minimum atomic E-state index is -0.471. The van der Waals surface area contributed by atoms with E-state index < -0.39 is 11.7 Å². The molecular formula is C12H17FN2O3. The van der Waals surface area contributed by atoms with Crippen molar-refractivity contribution < 1.29 is 18.7 Å². The van der Waals surface area contributed by atoms with E-state index >= 15 is 0 Å². The lowest BCUT2D eigenvalue weighted by molar-refractivity contribution is -0.00111. The van der Waals surface area contributed by atoms with E-state index in [4.69, 9.17) is 15.3 Å². The summed E-state index contributed by atoms with van der Waals surface area (Å²) in [6.45, 7) is 2.31. The van der Waals surface area contributed by atoms with E-state index in [2.05, 4.69) is 0 Å². The van der Waals surface area contributed by atoms with Crippen LogP contribution in [-0.2, 0) is 16.1 Å². The highest BCUT2D eigenvalue weighted by Gasteiger charge is 2.10. The minimum absolute atomic E-state index is 0.0715. The maximum atomic E-state index is 13.5. The molecule has 0 fully saturated rings. The summed E-state index contributed by atoms with van der Waals surface area (Å²) in [5.41, 5.74) is 2.58. The molecule has 3 N–H and O–H groups in total. The third-order valence-electron chi connectivity index (χ3n) is 2.36. The van der Waals surface area contributed by atoms with Crippen LogP contribution in [0.1, 0.15) is 22.8 Å². The molecule has 1 unspecified atom stereocenters. The molecule has 0 heterocycles. The van der Waals surface area contributed by atoms with Crippen LogP contribution >= 0.6 is 0 Å². The molecule has 0 radical (unpaired) electrons. The maximum absolute atomic E-state index is 13.5. The fraction of sp³-hybridized carbons (Fsp3) is 0.417. The van der Waals surface area contributed by atoms with Crippen LogP contribution in [0.5, 0.6) is 0 Å². The average molecular weight is 256 g/mol. The maximum Gasteiger partial charge on any atom is 0.265 e. The van der Waals surface area contributed by atoms with Gasteiger partial charge in [0.1, 0.15) is 5.82 Å². The number of hydrogen-bond donors (Lipinski definition) is 2. The first-order valence-electron chi connectivity index (χ1n) is 5.48. The van der Waals surface area contributed by atoms with E-state index in [1.807, 2.05) is 12.3 Å². The molecule has 5 nitrogen and oxygen atoms in total. The zero-order chi connectivity index (χ0) is 13.5. The van der Waals surface area contributed by atoms with Crippen LogP contribution in [-0.4, -0.2) is 25.7 Å². The van der Waals surface area contributed by atoms with Crippen molar-refractivity contribution in [1.82, 2.24) is 5.43 Å². The Morgan fingerprint density at radius 2 is 2.28 bits per heavy atom. The average Bonchev–Trinajstić information content (AvgIpc) is 2.37. The lowest BCUT2D eigenvalue weighted by atomic mass is 10.1. The Morgan fingerprint density at radius 3 is 2.89 bits per heavy atom. The van der Waals surface area contributed by atoms with Gasteiger partial charge in [-0.3, -0.25) is 10.2 Å². The van der Waals surface area contributed by atoms with Gasteiger partial charge in [0, 0.05) is 18.2 Å². The van der Waals surface area contributed by atoms with Crippen LogP contribution in [0.25, 0.3) is 0 Å². The van der Waals surface area contributed by atoms with Gasteiger partial charge in [-0.2, -0.15) is 0 Å². The summed E-state index contributed by atoms with van der Waals surface area (Å²) in [5.74, 6) is 4.12. The number of nitrogens with two attached hydrogens (primary N) is 1. The summed E-state index contributed by atoms with van der Waals surface area (Å²) in [6, 6.07) is 3.99. The second-order valence-electron chi connectivity index (χ2n) is 3.86. The molecule has 0 aromatic heterocycles. The van der Waals surface area contributed by atoms with E-state index in [-0.39, 0.29) is 18.3 Å². The van der Waals surface area contributed by atoms with E-state index in [0.29, 0.717) is 12.2 Å². The van der Waals surface area contributed by atoms with E-state index in [1.165, 1.54) is 18.2 Å². The molecule has 0 bridgehead atoms. The number of carbonyl (C=O) groups is 1. The minimum Gasteiger partial charge on any atom is -0.382 e. The number of methoxy groups -OCH3 is 1. The van der Waals surface area contributed by atoms with Gasteiger partial charge in [-0.05, 0) is 25.1 Å². The molecule has 0 spiro atoms. The lowest BCUT2D eigenvalue weighted by Crippen LogP contribution is -2.30. The van der Waals surface area contributed by atoms with Crippen LogP contribution in [0.15, 0.2) is 18.2 Å². The van der Waals surface area contributed by atoms with Crippen LogP contribution in [0.3, 0.4) is 0 Å². The third kappa shape index (κ3) is 4.06. The number of ether oxygens (including phenoxy) is 2. The van der Waals surface area contributed by atoms with Gasteiger partial charge >= 0.3 is 0 Å². The third-order valence-corrected chi connectivity index (χ3v) is 2.36. The summed E-state index contributed by atoms with van der Waals surface area (Å²) < 4.78 is 23.8. The molecular weight excluding hydrogens is 239 g/mol. The topological polar surface area (TPSA) is 73.6 Å². The first-order valence-corrected chi connectivity index (χ1v) is 5.48. The molecule has 1 aromatic carbocycles. The summed E-state index contributed by atoms with van der Waals surface area (Å²) in [4.78, 5) is 11.3. The molecule has 0 aliphatic carbocycles. The Balaban J connectivity index is 2.72. The standard InChI is InChI=1S/C12H17FN2O3/c1-8(6-17-2)18-7-10-5-9(12(16)15-14)3-4-11(10)13/h3-5,8H,6-7,14H2,1-2H3,(H,15,16). The molecule has 0 aliphatic rings. The second kappa shape index (κ2) is 7.05. The Hall–Kier alpha value is -1.50. The van der Waals surface area contributed by atoms with Crippen LogP contribution in [0.2, 0.25) is 0 Å². The fourth-order valence-electron chi connectivity index (χ4n) is 1.42. The zero-order valence-corrected chi connectivity index (χ0v) is 10.4. The number of nitrogens with one attached hydrogen (secondary N) is 1. The van der Waals surface area contributed by atoms with Crippen molar-refractivity contribution >= 4 is 5.91 Å². The highest BCUT2D eigenvalue weighted by atomic mass is 19.1. The van der Waals surface area contributed by atoms with Gasteiger partial charge in [-0.1, -0.05) is 0 Å². The van der Waals surface area contributed by atoms with Gasteiger partial charge in [0.25, 0.3) is 5.91 Å². The van der Waals surface area contributed by atoms with Crippen molar-refractivity contribution in [3.05, 3.63) is 35.1 Å². The first kappa shape index (κ1) is 14.6. The molecule has 1 aromatic rings. The van der Waals surface area contributed by atoms with E-state index in [1.54, 1.807) is 7.11 Å². The van der Waals surface area contributed by atoms with Crippen molar-refractivity contribution in [3.63, 3.8) is 0 Å². The smallest absolute Gasteiger partial charge is 0.265 e. The van der Waals surface area contributed by atoms with Gasteiger partial charge in [0.05, 0.1) is 19.3 Å². The number of benzene rings is 1. The van der Waals surface area contributed by atoms with Crippen LogP contribution < -0.4 is 11.3 Å². The van der Waals surface area contributed by atoms with Crippen molar-refractivity contribution in [2.45, 2.75) is 19.6 Å². The van der Waals surface area contributed by atoms with E-state index in [9.17, 15) is 9.18 Å². The number of amides is 1. The number of rotatable bonds is 6. The van der Waals surface area contributed by atoms with E-state index in [0.717, 1.165) is 0 Å². The highest BCUT2D eigenvalue weighted by molar-refractivity contribution is 5.93. The monoisotopic (exact) mass is 256 g/mol. The molecule has 100 valence electrons. The summed E-state index contributed by atoms with van der Waals surface area (Å²) in [5, 5.41) is 0. The quantitative estimate of drug-likeness (QED) is 0.452. The van der Waals surface area contributed by atoms with Crippen molar-refractivity contribution in [2.75, 3.05) is 13.7 Å². The summed E-state index contributed by atoms with van der Waals surface area (Å²) in [7, 11) is 1.56. The molecule has 1 rings (SSSR count). The summed E-state index contributed by atoms with van der Waals surface area (Å²) in [6.07, 6.45) is -0.151. The number of hydrazine groups is 1. The second-order valence-corrected chi connectivity index (χ2v) is 3.86. The van der Waals surface area contributed by atoms with Crippen molar-refractivity contribution in [1.29, 1.82) is 0 Å². The normalized spacial score (nSPS) is 12.2. The zero-order valence-electron chi connectivity index (χ0n) is 10.4. The molecule has 1 atom stereocenters. The predicted molar refractivity (Wildman–Crippen MR) is 64.2 cm³/mol. The SMILES string of the molecule is COCC(C)OCc1cc(C(=O)NN)ccc1F. The van der Waals surface area contributed by atoms with Gasteiger partial charge in [-0.25, -0.2) is 10.2 Å². The molecule has 1 amide bonds. The molecule has 0 saturated carbocycles. The Bertz CT molecular complexity index is 412. The van der Waals surface area contributed by atoms with Crippen molar-refractivity contribution in [3.8, 4) is 0 Å². The Kier molecular flexibility index (Phi) is 5.70. The summed E-state index contributed by atoms with van der Waals surface area (Å²) >= 11 is 0. The van der Waals surface area contributed by atoms with Gasteiger partial charge in [-0.15, -0.1) is 0 Å². The predicted octanol–water partition coefficient (Wildman–Crippen LogP) is 0.981. The molecule has 6 heteroatoms. The number of nitrogen functional groups attached to an aromatic ring is 1. The van der Waals surface area contributed by atoms with Gasteiger partial charge in [0.15, 0.2) is 0 Å². The highest BCUT2D eigenvalue weighted by Crippen LogP contribution is 2.13. The largest absolute Gasteiger partial charge is 0.382 e. The number of carbonyl (C=O) groups excluding carboxylic acids is 1. The first-order chi connectivity index (χ1) is 8.58. The fourth-order valence-corrected chi connectivity index (χ4v) is 1.42. The molecule has 18 heavy (non-hydrogen) atoms. The number of hydrogen-bond acceptors (Lipinski definition) is 4. The Morgan fingerprint density at radius 1 is 1.56 bits per heavy atom. The molecule has 0 aliphatic heterocycles. The van der Waals surface area contributed by atoms with Crippen molar-refractivity contribution in [2.24, 2.45) is 5.84 Å². The van der Waals surface area contributed by atoms with Crippen LogP contribution in [0.4, 0.5) is 4.39 Å². The van der Waals surface area contributed by atoms with Crippen LogP contribution in [0, 0.1) is 5.82 Å². The molecule has 0 saturated heterocycles. The Labute approximate surface area is 105 Å². The number of halogens is 1. The van der Waals surface area contributed by atoms with Gasteiger partial charge < -0.3 is 9.47 Å².